The highest BCUT2D eigenvalue weighted by atomic mass is 16.5. The Hall–Kier alpha value is -1.81. The van der Waals surface area contributed by atoms with Crippen molar-refractivity contribution in [2.24, 2.45) is 0 Å². The predicted octanol–water partition coefficient (Wildman–Crippen LogP) is 2.60. The molecular formula is C15H19NO3. The van der Waals surface area contributed by atoms with Gasteiger partial charge in [0.15, 0.2) is 0 Å². The van der Waals surface area contributed by atoms with E-state index in [4.69, 9.17) is 9.15 Å². The fraction of sp³-hybridized carbons (Fsp3) is 0.400. The Balaban J connectivity index is 2.30. The molecule has 0 bridgehead atoms. The first kappa shape index (κ1) is 13.6. The lowest BCUT2D eigenvalue weighted by molar-refractivity contribution is -0.134. The lowest BCUT2D eigenvalue weighted by atomic mass is 10.1. The first-order chi connectivity index (χ1) is 9.17. The molecule has 0 saturated carbocycles. The number of benzene rings is 1. The summed E-state index contributed by atoms with van der Waals surface area (Å²) in [6.45, 7) is 2.70. The zero-order valence-electron chi connectivity index (χ0n) is 11.6. The molecule has 4 heteroatoms. The molecule has 2 aromatic rings. The molecule has 0 aliphatic heterocycles. The largest absolute Gasteiger partial charge is 0.461 e. The van der Waals surface area contributed by atoms with Gasteiger partial charge < -0.3 is 14.1 Å². The number of carbonyl (C=O) groups excluding carboxylic acids is 1. The molecule has 1 amide bonds. The van der Waals surface area contributed by atoms with Crippen LogP contribution in [0.25, 0.3) is 11.0 Å². The smallest absolute Gasteiger partial charge is 0.248 e. The number of aryl methyl sites for hydroxylation is 1. The van der Waals surface area contributed by atoms with E-state index in [1.165, 1.54) is 7.11 Å². The number of methoxy groups -OCH3 is 1. The SMILES string of the molecule is CCc1oc2ccccc2c1CN(C)C(=O)COC. The summed E-state index contributed by atoms with van der Waals surface area (Å²) < 4.78 is 10.7. The van der Waals surface area contributed by atoms with E-state index in [0.29, 0.717) is 6.54 Å². The number of para-hydroxylation sites is 1. The van der Waals surface area contributed by atoms with E-state index in [0.717, 1.165) is 28.7 Å². The van der Waals surface area contributed by atoms with Gasteiger partial charge in [0.25, 0.3) is 0 Å². The minimum absolute atomic E-state index is 0.0326. The zero-order valence-corrected chi connectivity index (χ0v) is 11.6. The van der Waals surface area contributed by atoms with Gasteiger partial charge in [-0.2, -0.15) is 0 Å². The van der Waals surface area contributed by atoms with Crippen molar-refractivity contribution in [1.82, 2.24) is 4.90 Å². The number of fused-ring (bicyclic) bond motifs is 1. The van der Waals surface area contributed by atoms with Crippen molar-refractivity contribution in [2.45, 2.75) is 19.9 Å². The molecule has 1 aromatic heterocycles. The molecule has 0 radical (unpaired) electrons. The molecule has 4 nitrogen and oxygen atoms in total. The molecule has 2 rings (SSSR count). The maximum absolute atomic E-state index is 11.8. The van der Waals surface area contributed by atoms with E-state index in [1.54, 1.807) is 11.9 Å². The second-order valence-corrected chi connectivity index (χ2v) is 4.54. The summed E-state index contributed by atoms with van der Waals surface area (Å²) in [4.78, 5) is 13.4. The molecule has 102 valence electrons. The van der Waals surface area contributed by atoms with Crippen LogP contribution in [0.4, 0.5) is 0 Å². The van der Waals surface area contributed by atoms with E-state index in [9.17, 15) is 4.79 Å². The third kappa shape index (κ3) is 2.79. The third-order valence-corrected chi connectivity index (χ3v) is 3.19. The monoisotopic (exact) mass is 261 g/mol. The summed E-state index contributed by atoms with van der Waals surface area (Å²) in [6.07, 6.45) is 0.816. The minimum atomic E-state index is -0.0326. The van der Waals surface area contributed by atoms with Crippen molar-refractivity contribution in [2.75, 3.05) is 20.8 Å². The van der Waals surface area contributed by atoms with Crippen molar-refractivity contribution in [3.05, 3.63) is 35.6 Å². The Kier molecular flexibility index (Phi) is 4.22. The molecule has 0 saturated heterocycles. The molecule has 0 atom stereocenters. The maximum atomic E-state index is 11.8. The fourth-order valence-corrected chi connectivity index (χ4v) is 2.17. The van der Waals surface area contributed by atoms with Crippen LogP contribution in [0.3, 0.4) is 0 Å². The molecule has 0 aliphatic carbocycles. The zero-order chi connectivity index (χ0) is 13.8. The number of hydrogen-bond acceptors (Lipinski definition) is 3. The Labute approximate surface area is 112 Å². The molecule has 0 unspecified atom stereocenters. The van der Waals surface area contributed by atoms with Crippen LogP contribution >= 0.6 is 0 Å². The highest BCUT2D eigenvalue weighted by molar-refractivity contribution is 5.83. The van der Waals surface area contributed by atoms with Gasteiger partial charge in [-0.15, -0.1) is 0 Å². The van der Waals surface area contributed by atoms with Gasteiger partial charge >= 0.3 is 0 Å². The number of ether oxygens (including phenoxy) is 1. The lowest BCUT2D eigenvalue weighted by Gasteiger charge is -2.16. The average Bonchev–Trinajstić information content (AvgIpc) is 2.77. The molecule has 1 heterocycles. The van der Waals surface area contributed by atoms with Crippen LogP contribution in [0.1, 0.15) is 18.2 Å². The molecule has 0 fully saturated rings. The molecule has 19 heavy (non-hydrogen) atoms. The Morgan fingerprint density at radius 3 is 2.79 bits per heavy atom. The molecular weight excluding hydrogens is 242 g/mol. The van der Waals surface area contributed by atoms with E-state index < -0.39 is 0 Å². The number of carbonyl (C=O) groups is 1. The van der Waals surface area contributed by atoms with Gasteiger partial charge in [0, 0.05) is 38.1 Å². The summed E-state index contributed by atoms with van der Waals surface area (Å²) in [5.41, 5.74) is 1.96. The van der Waals surface area contributed by atoms with Crippen LogP contribution in [0.5, 0.6) is 0 Å². The number of rotatable bonds is 5. The summed E-state index contributed by atoms with van der Waals surface area (Å²) in [5, 5.41) is 1.08. The van der Waals surface area contributed by atoms with Gasteiger partial charge in [-0.25, -0.2) is 0 Å². The fourth-order valence-electron chi connectivity index (χ4n) is 2.17. The summed E-state index contributed by atoms with van der Waals surface area (Å²) in [6, 6.07) is 7.92. The van der Waals surface area contributed by atoms with Crippen LogP contribution in [0, 0.1) is 0 Å². The molecule has 0 N–H and O–H groups in total. The number of nitrogens with zero attached hydrogens (tertiary/aromatic N) is 1. The summed E-state index contributed by atoms with van der Waals surface area (Å²) in [7, 11) is 3.30. The van der Waals surface area contributed by atoms with Crippen molar-refractivity contribution >= 4 is 16.9 Å². The number of furan rings is 1. The van der Waals surface area contributed by atoms with Crippen molar-refractivity contribution < 1.29 is 13.9 Å². The number of hydrogen-bond donors (Lipinski definition) is 0. The van der Waals surface area contributed by atoms with Gasteiger partial charge in [-0.05, 0) is 6.07 Å². The van der Waals surface area contributed by atoms with Gasteiger partial charge in [-0.3, -0.25) is 4.79 Å². The van der Waals surface area contributed by atoms with E-state index in [2.05, 4.69) is 6.92 Å². The molecule has 0 spiro atoms. The highest BCUT2D eigenvalue weighted by Gasteiger charge is 2.16. The maximum Gasteiger partial charge on any atom is 0.248 e. The normalized spacial score (nSPS) is 10.9. The minimum Gasteiger partial charge on any atom is -0.461 e. The van der Waals surface area contributed by atoms with Gasteiger partial charge in [0.1, 0.15) is 18.0 Å². The van der Waals surface area contributed by atoms with Crippen molar-refractivity contribution in [3.8, 4) is 0 Å². The van der Waals surface area contributed by atoms with Crippen molar-refractivity contribution in [1.29, 1.82) is 0 Å². The topological polar surface area (TPSA) is 42.7 Å². The number of likely N-dealkylation sites (N-methyl/N-ethyl adjacent to an activating group) is 1. The van der Waals surface area contributed by atoms with Crippen LogP contribution in [-0.4, -0.2) is 31.6 Å². The van der Waals surface area contributed by atoms with Crippen LogP contribution in [0.2, 0.25) is 0 Å². The average molecular weight is 261 g/mol. The van der Waals surface area contributed by atoms with E-state index in [1.807, 2.05) is 24.3 Å². The van der Waals surface area contributed by atoms with Crippen LogP contribution < -0.4 is 0 Å². The van der Waals surface area contributed by atoms with E-state index >= 15 is 0 Å². The Bertz CT molecular complexity index is 574. The van der Waals surface area contributed by atoms with E-state index in [-0.39, 0.29) is 12.5 Å². The number of amides is 1. The second kappa shape index (κ2) is 5.89. The van der Waals surface area contributed by atoms with Gasteiger partial charge in [0.05, 0.1) is 0 Å². The first-order valence-electron chi connectivity index (χ1n) is 6.39. The molecule has 1 aromatic carbocycles. The third-order valence-electron chi connectivity index (χ3n) is 3.19. The highest BCUT2D eigenvalue weighted by Crippen LogP contribution is 2.27. The first-order valence-corrected chi connectivity index (χ1v) is 6.39. The van der Waals surface area contributed by atoms with Crippen LogP contribution in [0.15, 0.2) is 28.7 Å². The quantitative estimate of drug-likeness (QED) is 0.831. The Morgan fingerprint density at radius 1 is 1.37 bits per heavy atom. The lowest BCUT2D eigenvalue weighted by Crippen LogP contribution is -2.29. The Morgan fingerprint density at radius 2 is 2.11 bits per heavy atom. The molecule has 0 aliphatic rings. The standard InChI is InChI=1S/C15H19NO3/c1-4-13-12(9-16(2)15(17)10-18-3)11-7-5-6-8-14(11)19-13/h5-8H,4,9-10H2,1-3H3. The summed E-state index contributed by atoms with van der Waals surface area (Å²) in [5.74, 6) is 0.910. The second-order valence-electron chi connectivity index (χ2n) is 4.54. The summed E-state index contributed by atoms with van der Waals surface area (Å²) >= 11 is 0. The van der Waals surface area contributed by atoms with Gasteiger partial charge in [0.2, 0.25) is 5.91 Å². The predicted molar refractivity (Wildman–Crippen MR) is 73.9 cm³/mol. The van der Waals surface area contributed by atoms with Gasteiger partial charge in [-0.1, -0.05) is 25.1 Å². The van der Waals surface area contributed by atoms with Crippen molar-refractivity contribution in [3.63, 3.8) is 0 Å². The van der Waals surface area contributed by atoms with Crippen LogP contribution in [-0.2, 0) is 22.5 Å².